The largest absolute Gasteiger partial charge is 0.387 e. The van der Waals surface area contributed by atoms with Crippen LogP contribution in [0.3, 0.4) is 0 Å². The fraction of sp³-hybridized carbons (Fsp3) is 0.333. The number of rotatable bonds is 6. The molecule has 2 rings (SSSR count). The molecular formula is C15H19FN2O3S. The van der Waals surface area contributed by atoms with E-state index in [9.17, 15) is 17.9 Å². The van der Waals surface area contributed by atoms with E-state index in [4.69, 9.17) is 0 Å². The molecule has 1 atom stereocenters. The van der Waals surface area contributed by atoms with Crippen molar-refractivity contribution in [3.05, 3.63) is 53.6 Å². The summed E-state index contributed by atoms with van der Waals surface area (Å²) in [4.78, 5) is 0.0137. The van der Waals surface area contributed by atoms with Crippen molar-refractivity contribution >= 4 is 10.0 Å². The van der Waals surface area contributed by atoms with Gasteiger partial charge in [0.15, 0.2) is 0 Å². The van der Waals surface area contributed by atoms with Crippen molar-refractivity contribution in [3.63, 3.8) is 0 Å². The third-order valence-corrected chi connectivity index (χ3v) is 4.93. The van der Waals surface area contributed by atoms with Crippen LogP contribution in [0.4, 0.5) is 4.39 Å². The fourth-order valence-electron chi connectivity index (χ4n) is 2.17. The van der Waals surface area contributed by atoms with E-state index in [1.807, 2.05) is 19.3 Å². The summed E-state index contributed by atoms with van der Waals surface area (Å²) < 4.78 is 41.6. The highest BCUT2D eigenvalue weighted by Gasteiger charge is 2.16. The van der Waals surface area contributed by atoms with Crippen molar-refractivity contribution in [1.82, 2.24) is 9.29 Å². The maximum Gasteiger partial charge on any atom is 0.240 e. The zero-order chi connectivity index (χ0) is 16.3. The molecule has 2 aromatic rings. The Balaban J connectivity index is 1.98. The number of aliphatic hydroxyl groups is 1. The van der Waals surface area contributed by atoms with Crippen molar-refractivity contribution in [1.29, 1.82) is 0 Å². The number of sulfonamides is 1. The molecule has 5 nitrogen and oxygen atoms in total. The van der Waals surface area contributed by atoms with Gasteiger partial charge in [-0.05, 0) is 49.2 Å². The molecule has 0 aliphatic carbocycles. The number of benzene rings is 1. The summed E-state index contributed by atoms with van der Waals surface area (Å²) in [6.07, 6.45) is 1.30. The Morgan fingerprint density at radius 1 is 1.36 bits per heavy atom. The highest BCUT2D eigenvalue weighted by molar-refractivity contribution is 7.89. The number of hydrogen-bond donors (Lipinski definition) is 2. The SMILES string of the molecule is Cc1cc(S(=O)(=O)NCC[C@@H](O)c2cccn2C)ccc1F. The van der Waals surface area contributed by atoms with Gasteiger partial charge in [-0.25, -0.2) is 17.5 Å². The maximum absolute atomic E-state index is 13.2. The average molecular weight is 326 g/mol. The second kappa shape index (κ2) is 6.60. The summed E-state index contributed by atoms with van der Waals surface area (Å²) in [6, 6.07) is 7.22. The number of aromatic nitrogens is 1. The first-order valence-electron chi connectivity index (χ1n) is 6.86. The Hall–Kier alpha value is -1.70. The van der Waals surface area contributed by atoms with Gasteiger partial charge in [0.05, 0.1) is 11.0 Å². The lowest BCUT2D eigenvalue weighted by atomic mass is 10.2. The number of hydrogen-bond acceptors (Lipinski definition) is 3. The fourth-order valence-corrected chi connectivity index (χ4v) is 3.30. The van der Waals surface area contributed by atoms with Crippen LogP contribution in [0.5, 0.6) is 0 Å². The minimum Gasteiger partial charge on any atom is -0.387 e. The lowest BCUT2D eigenvalue weighted by Crippen LogP contribution is -2.26. The monoisotopic (exact) mass is 326 g/mol. The van der Waals surface area contributed by atoms with Crippen molar-refractivity contribution in [3.8, 4) is 0 Å². The lowest BCUT2D eigenvalue weighted by Gasteiger charge is -2.13. The van der Waals surface area contributed by atoms with Crippen molar-refractivity contribution in [2.75, 3.05) is 6.54 Å². The Bertz CT molecular complexity index is 756. The van der Waals surface area contributed by atoms with Gasteiger partial charge in [0.1, 0.15) is 5.82 Å². The van der Waals surface area contributed by atoms with Crippen molar-refractivity contribution in [2.24, 2.45) is 7.05 Å². The zero-order valence-corrected chi connectivity index (χ0v) is 13.3. The minimum absolute atomic E-state index is 0.0137. The van der Waals surface area contributed by atoms with Gasteiger partial charge in [0.25, 0.3) is 0 Å². The van der Waals surface area contributed by atoms with E-state index in [-0.39, 0.29) is 23.4 Å². The third kappa shape index (κ3) is 3.73. The maximum atomic E-state index is 13.2. The standard InChI is InChI=1S/C15H19FN2O3S/c1-11-10-12(5-6-13(11)16)22(20,21)17-8-7-15(19)14-4-3-9-18(14)2/h3-6,9-10,15,17,19H,7-8H2,1-2H3/t15-/m1/s1. The van der Waals surface area contributed by atoms with Crippen LogP contribution in [0, 0.1) is 12.7 Å². The molecule has 0 amide bonds. The van der Waals surface area contributed by atoms with Gasteiger partial charge in [0.2, 0.25) is 10.0 Å². The van der Waals surface area contributed by atoms with Crippen LogP contribution in [0.15, 0.2) is 41.4 Å². The van der Waals surface area contributed by atoms with Crippen LogP contribution < -0.4 is 4.72 Å². The van der Waals surface area contributed by atoms with Gasteiger partial charge < -0.3 is 9.67 Å². The lowest BCUT2D eigenvalue weighted by molar-refractivity contribution is 0.161. The number of halogens is 1. The van der Waals surface area contributed by atoms with Gasteiger partial charge in [-0.1, -0.05) is 0 Å². The number of aliphatic hydroxyl groups excluding tert-OH is 1. The van der Waals surface area contributed by atoms with Gasteiger partial charge in [0, 0.05) is 25.5 Å². The molecule has 0 saturated carbocycles. The molecule has 22 heavy (non-hydrogen) atoms. The minimum atomic E-state index is -3.71. The van der Waals surface area contributed by atoms with Crippen LogP contribution in [0.1, 0.15) is 23.8 Å². The molecule has 0 saturated heterocycles. The van der Waals surface area contributed by atoms with Crippen LogP contribution in [0.25, 0.3) is 0 Å². The van der Waals surface area contributed by atoms with Gasteiger partial charge in [-0.2, -0.15) is 0 Å². The van der Waals surface area contributed by atoms with Crippen LogP contribution in [-0.4, -0.2) is 24.6 Å². The molecule has 7 heteroatoms. The first kappa shape index (κ1) is 16.7. The average Bonchev–Trinajstić information content (AvgIpc) is 2.87. The molecule has 0 unspecified atom stereocenters. The summed E-state index contributed by atoms with van der Waals surface area (Å²) in [7, 11) is -1.90. The van der Waals surface area contributed by atoms with E-state index in [0.717, 1.165) is 11.8 Å². The first-order chi connectivity index (χ1) is 10.3. The van der Waals surface area contributed by atoms with Crippen molar-refractivity contribution < 1.29 is 17.9 Å². The molecule has 0 spiro atoms. The van der Waals surface area contributed by atoms with Crippen LogP contribution in [-0.2, 0) is 17.1 Å². The molecule has 1 aromatic heterocycles. The summed E-state index contributed by atoms with van der Waals surface area (Å²) in [5, 5.41) is 10.0. The molecule has 0 aliphatic rings. The second-order valence-electron chi connectivity index (χ2n) is 5.16. The molecule has 0 aliphatic heterocycles. The van der Waals surface area contributed by atoms with Gasteiger partial charge in [-0.15, -0.1) is 0 Å². The van der Waals surface area contributed by atoms with E-state index in [1.165, 1.54) is 19.1 Å². The number of nitrogens with zero attached hydrogens (tertiary/aromatic N) is 1. The normalized spacial score (nSPS) is 13.3. The second-order valence-corrected chi connectivity index (χ2v) is 6.92. The van der Waals surface area contributed by atoms with Crippen molar-refractivity contribution in [2.45, 2.75) is 24.3 Å². The summed E-state index contributed by atoms with van der Waals surface area (Å²) in [5.74, 6) is -0.446. The Labute approximate surface area is 129 Å². The Morgan fingerprint density at radius 2 is 2.09 bits per heavy atom. The quantitative estimate of drug-likeness (QED) is 0.851. The molecule has 0 bridgehead atoms. The molecule has 2 N–H and O–H groups in total. The summed E-state index contributed by atoms with van der Waals surface area (Å²) >= 11 is 0. The van der Waals surface area contributed by atoms with E-state index in [0.29, 0.717) is 0 Å². The molecule has 120 valence electrons. The molecule has 1 aromatic carbocycles. The van der Waals surface area contributed by atoms with Gasteiger partial charge >= 0.3 is 0 Å². The van der Waals surface area contributed by atoms with Crippen LogP contribution in [0.2, 0.25) is 0 Å². The molecule has 0 fully saturated rings. The van der Waals surface area contributed by atoms with Gasteiger partial charge in [-0.3, -0.25) is 0 Å². The summed E-state index contributed by atoms with van der Waals surface area (Å²) in [6.45, 7) is 1.60. The summed E-state index contributed by atoms with van der Waals surface area (Å²) in [5.41, 5.74) is 0.989. The molecular weight excluding hydrogens is 307 g/mol. The third-order valence-electron chi connectivity index (χ3n) is 3.47. The number of nitrogens with one attached hydrogen (secondary N) is 1. The zero-order valence-electron chi connectivity index (χ0n) is 12.5. The van der Waals surface area contributed by atoms with E-state index in [2.05, 4.69) is 4.72 Å². The highest BCUT2D eigenvalue weighted by atomic mass is 32.2. The first-order valence-corrected chi connectivity index (χ1v) is 8.34. The highest BCUT2D eigenvalue weighted by Crippen LogP contribution is 2.17. The number of aryl methyl sites for hydroxylation is 2. The van der Waals surface area contributed by atoms with E-state index >= 15 is 0 Å². The van der Waals surface area contributed by atoms with Crippen LogP contribution >= 0.6 is 0 Å². The predicted molar refractivity (Wildman–Crippen MR) is 81.3 cm³/mol. The van der Waals surface area contributed by atoms with E-state index < -0.39 is 21.9 Å². The van der Waals surface area contributed by atoms with E-state index in [1.54, 1.807) is 10.6 Å². The predicted octanol–water partition coefficient (Wildman–Crippen LogP) is 1.87. The smallest absolute Gasteiger partial charge is 0.240 e. The molecule has 0 radical (unpaired) electrons. The Kier molecular flexibility index (Phi) is 5.00. The topological polar surface area (TPSA) is 71.3 Å². The molecule has 1 heterocycles. The Morgan fingerprint density at radius 3 is 2.68 bits per heavy atom.